The Morgan fingerprint density at radius 3 is 2.53 bits per heavy atom. The number of rotatable bonds is 4. The van der Waals surface area contributed by atoms with Gasteiger partial charge in [0.1, 0.15) is 13.2 Å². The van der Waals surface area contributed by atoms with E-state index in [4.69, 9.17) is 26.4 Å². The number of fused-ring (bicyclic) bond motifs is 1. The summed E-state index contributed by atoms with van der Waals surface area (Å²) in [6.07, 6.45) is -0.231. The van der Waals surface area contributed by atoms with Gasteiger partial charge in [-0.05, 0) is 50.7 Å². The normalized spacial score (nSPS) is 18.3. The molecule has 0 spiro atoms. The van der Waals surface area contributed by atoms with Crippen LogP contribution in [0.2, 0.25) is 0 Å². The number of benzene rings is 2. The number of esters is 1. The average molecular weight is 425 g/mol. The summed E-state index contributed by atoms with van der Waals surface area (Å²) in [4.78, 5) is 14.9. The minimum Gasteiger partial charge on any atom is -0.486 e. The highest BCUT2D eigenvalue weighted by molar-refractivity contribution is 7.80. The Labute approximate surface area is 181 Å². The number of anilines is 1. The van der Waals surface area contributed by atoms with Gasteiger partial charge in [-0.1, -0.05) is 30.3 Å². The molecule has 7 heteroatoms. The fourth-order valence-corrected chi connectivity index (χ4v) is 4.02. The molecule has 156 valence electrons. The molecule has 0 radical (unpaired) electrons. The number of carbonyl (C=O) groups excluding carboxylic acids is 1. The van der Waals surface area contributed by atoms with Crippen molar-refractivity contribution in [2.75, 3.05) is 18.1 Å². The molecule has 0 aromatic heterocycles. The third-order valence-corrected chi connectivity index (χ3v) is 5.26. The standard InChI is InChI=1S/C23H24N2O4S/c1-14(2)29-22(26)20-15(3)25(17-9-10-18-19(13-17)28-12-11-27-18)23(30)24-21(20)16-7-5-4-6-8-16/h4-10,13-14,21H,11-12H2,1-3H3,(H,24,30). The summed E-state index contributed by atoms with van der Waals surface area (Å²) in [6.45, 7) is 6.58. The predicted molar refractivity (Wildman–Crippen MR) is 119 cm³/mol. The Bertz CT molecular complexity index is 1000. The summed E-state index contributed by atoms with van der Waals surface area (Å²) in [6, 6.07) is 15.0. The van der Waals surface area contributed by atoms with Gasteiger partial charge in [0.2, 0.25) is 0 Å². The van der Waals surface area contributed by atoms with Gasteiger partial charge in [0.05, 0.1) is 23.4 Å². The van der Waals surface area contributed by atoms with Crippen molar-refractivity contribution in [3.8, 4) is 11.5 Å². The lowest BCUT2D eigenvalue weighted by atomic mass is 9.94. The predicted octanol–water partition coefficient (Wildman–Crippen LogP) is 4.12. The van der Waals surface area contributed by atoms with Crippen LogP contribution in [0.15, 0.2) is 59.8 Å². The first-order chi connectivity index (χ1) is 14.5. The first-order valence-electron chi connectivity index (χ1n) is 9.92. The number of carbonyl (C=O) groups is 1. The van der Waals surface area contributed by atoms with Crippen molar-refractivity contribution in [2.45, 2.75) is 32.9 Å². The van der Waals surface area contributed by atoms with E-state index in [1.165, 1.54) is 0 Å². The van der Waals surface area contributed by atoms with Crippen LogP contribution >= 0.6 is 12.2 Å². The van der Waals surface area contributed by atoms with E-state index >= 15 is 0 Å². The first kappa shape index (κ1) is 20.2. The van der Waals surface area contributed by atoms with Crippen LogP contribution < -0.4 is 19.7 Å². The monoisotopic (exact) mass is 424 g/mol. The van der Waals surface area contributed by atoms with Crippen molar-refractivity contribution in [1.29, 1.82) is 0 Å². The lowest BCUT2D eigenvalue weighted by molar-refractivity contribution is -0.143. The number of hydrogen-bond donors (Lipinski definition) is 1. The van der Waals surface area contributed by atoms with E-state index in [9.17, 15) is 4.79 Å². The molecular weight excluding hydrogens is 400 g/mol. The minimum absolute atomic E-state index is 0.231. The van der Waals surface area contributed by atoms with Crippen molar-refractivity contribution < 1.29 is 19.0 Å². The number of nitrogens with zero attached hydrogens (tertiary/aromatic N) is 1. The van der Waals surface area contributed by atoms with Gasteiger partial charge >= 0.3 is 5.97 Å². The Balaban J connectivity index is 1.80. The molecule has 0 amide bonds. The fourth-order valence-electron chi connectivity index (χ4n) is 3.66. The zero-order valence-corrected chi connectivity index (χ0v) is 18.0. The molecular formula is C23H24N2O4S. The Hall–Kier alpha value is -3.06. The number of allylic oxidation sites excluding steroid dienone is 1. The molecule has 6 nitrogen and oxygen atoms in total. The van der Waals surface area contributed by atoms with Crippen LogP contribution in [0.5, 0.6) is 11.5 Å². The zero-order chi connectivity index (χ0) is 21.3. The largest absolute Gasteiger partial charge is 0.486 e. The highest BCUT2D eigenvalue weighted by atomic mass is 32.1. The molecule has 0 saturated carbocycles. The van der Waals surface area contributed by atoms with Crippen LogP contribution in [-0.4, -0.2) is 30.4 Å². The van der Waals surface area contributed by atoms with E-state index in [1.807, 2.05) is 74.2 Å². The van der Waals surface area contributed by atoms with Crippen LogP contribution in [0, 0.1) is 0 Å². The molecule has 4 rings (SSSR count). The molecule has 1 atom stereocenters. The van der Waals surface area contributed by atoms with Crippen molar-refractivity contribution in [2.24, 2.45) is 0 Å². The first-order valence-corrected chi connectivity index (χ1v) is 10.3. The van der Waals surface area contributed by atoms with E-state index in [2.05, 4.69) is 5.32 Å². The van der Waals surface area contributed by atoms with Crippen LogP contribution in [0.4, 0.5) is 5.69 Å². The molecule has 1 unspecified atom stereocenters. The molecule has 2 aliphatic heterocycles. The second-order valence-electron chi connectivity index (χ2n) is 7.41. The van der Waals surface area contributed by atoms with Gasteiger partial charge in [-0.25, -0.2) is 4.79 Å². The summed E-state index contributed by atoms with van der Waals surface area (Å²) in [5.41, 5.74) is 2.97. The summed E-state index contributed by atoms with van der Waals surface area (Å²) in [5, 5.41) is 3.82. The molecule has 2 aromatic rings. The third kappa shape index (κ3) is 3.85. The topological polar surface area (TPSA) is 60.0 Å². The van der Waals surface area contributed by atoms with Crippen molar-refractivity contribution in [1.82, 2.24) is 5.32 Å². The molecule has 0 aliphatic carbocycles. The maximum Gasteiger partial charge on any atom is 0.338 e. The average Bonchev–Trinajstić information content (AvgIpc) is 2.73. The molecule has 30 heavy (non-hydrogen) atoms. The van der Waals surface area contributed by atoms with Gasteiger partial charge in [-0.15, -0.1) is 0 Å². The van der Waals surface area contributed by atoms with Crippen LogP contribution in [0.25, 0.3) is 0 Å². The van der Waals surface area contributed by atoms with Gasteiger partial charge in [-0.2, -0.15) is 0 Å². The van der Waals surface area contributed by atoms with Gasteiger partial charge < -0.3 is 19.5 Å². The summed E-state index contributed by atoms with van der Waals surface area (Å²) < 4.78 is 16.9. The molecule has 1 N–H and O–H groups in total. The lowest BCUT2D eigenvalue weighted by Gasteiger charge is -2.38. The van der Waals surface area contributed by atoms with Crippen LogP contribution in [-0.2, 0) is 9.53 Å². The molecule has 2 aliphatic rings. The number of hydrogen-bond acceptors (Lipinski definition) is 5. The summed E-state index contributed by atoms with van der Waals surface area (Å²) in [5.74, 6) is 0.990. The highest BCUT2D eigenvalue weighted by Crippen LogP contribution is 2.38. The summed E-state index contributed by atoms with van der Waals surface area (Å²) >= 11 is 5.70. The van der Waals surface area contributed by atoms with E-state index in [1.54, 1.807) is 0 Å². The van der Waals surface area contributed by atoms with Crippen molar-refractivity contribution >= 4 is 29.0 Å². The summed E-state index contributed by atoms with van der Waals surface area (Å²) in [7, 11) is 0. The SMILES string of the molecule is CC1=C(C(=O)OC(C)C)C(c2ccccc2)NC(=S)N1c1ccc2c(c1)OCCO2. The van der Waals surface area contributed by atoms with Gasteiger partial charge in [-0.3, -0.25) is 4.90 Å². The molecule has 2 heterocycles. The second kappa shape index (κ2) is 8.36. The Kier molecular flexibility index (Phi) is 5.63. The lowest BCUT2D eigenvalue weighted by Crippen LogP contribution is -2.48. The number of nitrogens with one attached hydrogen (secondary N) is 1. The number of thiocarbonyl (C=S) groups is 1. The van der Waals surface area contributed by atoms with Crippen LogP contribution in [0.1, 0.15) is 32.4 Å². The molecule has 2 aromatic carbocycles. The maximum atomic E-state index is 13.1. The van der Waals surface area contributed by atoms with Crippen molar-refractivity contribution in [3.05, 3.63) is 65.4 Å². The Morgan fingerprint density at radius 1 is 1.13 bits per heavy atom. The minimum atomic E-state index is -0.390. The van der Waals surface area contributed by atoms with Gasteiger partial charge in [0.25, 0.3) is 0 Å². The van der Waals surface area contributed by atoms with Crippen molar-refractivity contribution in [3.63, 3.8) is 0 Å². The Morgan fingerprint density at radius 2 is 1.83 bits per heavy atom. The fraction of sp³-hybridized carbons (Fsp3) is 0.304. The van der Waals surface area contributed by atoms with Gasteiger partial charge in [0, 0.05) is 11.8 Å². The molecule has 0 fully saturated rings. The maximum absolute atomic E-state index is 13.1. The smallest absolute Gasteiger partial charge is 0.338 e. The van der Waals surface area contributed by atoms with E-state index in [-0.39, 0.29) is 12.1 Å². The quantitative estimate of drug-likeness (QED) is 0.585. The van der Waals surface area contributed by atoms with E-state index in [0.717, 1.165) is 16.9 Å². The molecule has 0 bridgehead atoms. The second-order valence-corrected chi connectivity index (χ2v) is 7.80. The zero-order valence-electron chi connectivity index (χ0n) is 17.2. The van der Waals surface area contributed by atoms with E-state index < -0.39 is 6.04 Å². The van der Waals surface area contributed by atoms with Gasteiger partial charge in [0.15, 0.2) is 16.6 Å². The third-order valence-electron chi connectivity index (χ3n) is 4.96. The number of ether oxygens (including phenoxy) is 3. The van der Waals surface area contributed by atoms with Crippen LogP contribution in [0.3, 0.4) is 0 Å². The van der Waals surface area contributed by atoms with E-state index in [0.29, 0.717) is 35.4 Å². The molecule has 0 saturated heterocycles. The highest BCUT2D eigenvalue weighted by Gasteiger charge is 2.36.